The molecule has 1 N–H and O–H groups in total. The van der Waals surface area contributed by atoms with Crippen molar-refractivity contribution in [1.82, 2.24) is 0 Å². The Morgan fingerprint density at radius 3 is 2.18 bits per heavy atom. The third kappa shape index (κ3) is 3.72. The first-order chi connectivity index (χ1) is 10.7. The van der Waals surface area contributed by atoms with E-state index in [0.717, 1.165) is 5.56 Å². The number of ether oxygens (including phenoxy) is 2. The van der Waals surface area contributed by atoms with Crippen molar-refractivity contribution in [3.8, 4) is 5.75 Å². The van der Waals surface area contributed by atoms with E-state index in [4.69, 9.17) is 14.0 Å². The Kier molecular flexibility index (Phi) is 4.84. The van der Waals surface area contributed by atoms with Crippen LogP contribution in [0, 0.1) is 0 Å². The van der Waals surface area contributed by atoms with Gasteiger partial charge in [0.25, 0.3) is 0 Å². The number of rotatable bonds is 4. The fourth-order valence-corrected chi connectivity index (χ4v) is 2.65. The van der Waals surface area contributed by atoms with Crippen LogP contribution in [0.2, 0.25) is 0 Å². The fourth-order valence-electron chi connectivity index (χ4n) is 2.38. The van der Waals surface area contributed by atoms with Crippen LogP contribution in [0.1, 0.15) is 23.3 Å². The monoisotopic (exact) mass is 320 g/mol. The zero-order valence-electron chi connectivity index (χ0n) is 11.8. The van der Waals surface area contributed by atoms with Crippen molar-refractivity contribution in [2.24, 2.45) is 0 Å². The van der Waals surface area contributed by atoms with Gasteiger partial charge in [0.15, 0.2) is 6.29 Å². The summed E-state index contributed by atoms with van der Waals surface area (Å²) < 4.78 is 35.5. The molecule has 0 spiro atoms. The summed E-state index contributed by atoms with van der Waals surface area (Å²) in [6, 6.07) is 16.9. The second-order valence-electron chi connectivity index (χ2n) is 4.98. The van der Waals surface area contributed by atoms with Gasteiger partial charge < -0.3 is 13.7 Å². The normalized spacial score (nSPS) is 23.0. The maximum absolute atomic E-state index is 10.6. The van der Waals surface area contributed by atoms with Gasteiger partial charge in [-0.3, -0.25) is 4.55 Å². The van der Waals surface area contributed by atoms with Crippen LogP contribution in [0.4, 0.5) is 0 Å². The van der Waals surface area contributed by atoms with Gasteiger partial charge in [-0.1, -0.05) is 42.5 Å². The minimum absolute atomic E-state index is 0.233. The van der Waals surface area contributed by atoms with Crippen LogP contribution >= 0.6 is 0 Å². The highest BCUT2D eigenvalue weighted by Crippen LogP contribution is 2.30. The summed E-state index contributed by atoms with van der Waals surface area (Å²) in [6.07, 6.45) is -0.423. The lowest BCUT2D eigenvalue weighted by molar-refractivity contribution is -0.191. The summed E-state index contributed by atoms with van der Waals surface area (Å²) in [4.78, 5) is 0. The second kappa shape index (κ2) is 7.02. The summed E-state index contributed by atoms with van der Waals surface area (Å²) in [5.74, 6) is 0.555. The molecule has 3 rings (SSSR count). The predicted molar refractivity (Wildman–Crippen MR) is 81.7 cm³/mol. The Hall–Kier alpha value is -1.73. The molecule has 1 aliphatic rings. The lowest BCUT2D eigenvalue weighted by Gasteiger charge is -2.30. The van der Waals surface area contributed by atoms with Crippen LogP contribution < -0.4 is 4.18 Å². The highest BCUT2D eigenvalue weighted by Gasteiger charge is 2.24. The van der Waals surface area contributed by atoms with Crippen molar-refractivity contribution < 1.29 is 22.4 Å². The lowest BCUT2D eigenvalue weighted by atomic mass is 10.0. The van der Waals surface area contributed by atoms with Crippen molar-refractivity contribution in [1.29, 1.82) is 0 Å². The van der Waals surface area contributed by atoms with E-state index in [2.05, 4.69) is 16.3 Å². The average molecular weight is 320 g/mol. The molecule has 1 unspecified atom stereocenters. The van der Waals surface area contributed by atoms with Crippen molar-refractivity contribution >= 4 is 11.4 Å². The Balaban J connectivity index is 1.60. The van der Waals surface area contributed by atoms with Gasteiger partial charge in [-0.15, -0.1) is 0 Å². The molecule has 1 atom stereocenters. The summed E-state index contributed by atoms with van der Waals surface area (Å²) in [5, 5.41) is 0. The lowest BCUT2D eigenvalue weighted by Crippen LogP contribution is -2.25. The Morgan fingerprint density at radius 1 is 0.955 bits per heavy atom. The second-order valence-corrected chi connectivity index (χ2v) is 5.58. The SMILES string of the molecule is O=S(O)Oc1ccc(C2OCC(c3ccccc3)CO2)cc1. The van der Waals surface area contributed by atoms with Crippen molar-refractivity contribution in [3.63, 3.8) is 0 Å². The van der Waals surface area contributed by atoms with Gasteiger partial charge in [-0.25, -0.2) is 0 Å². The van der Waals surface area contributed by atoms with Gasteiger partial charge >= 0.3 is 11.4 Å². The summed E-state index contributed by atoms with van der Waals surface area (Å²) in [5.41, 5.74) is 2.05. The summed E-state index contributed by atoms with van der Waals surface area (Å²) in [7, 11) is 0. The van der Waals surface area contributed by atoms with Crippen molar-refractivity contribution in [2.45, 2.75) is 12.2 Å². The highest BCUT2D eigenvalue weighted by molar-refractivity contribution is 7.74. The zero-order valence-corrected chi connectivity index (χ0v) is 12.6. The van der Waals surface area contributed by atoms with Crippen LogP contribution in [-0.4, -0.2) is 22.0 Å². The van der Waals surface area contributed by atoms with Crippen molar-refractivity contribution in [3.05, 3.63) is 65.7 Å². The Morgan fingerprint density at radius 2 is 1.59 bits per heavy atom. The molecule has 0 aliphatic carbocycles. The molecule has 1 saturated heterocycles. The maximum Gasteiger partial charge on any atom is 0.357 e. The molecule has 0 saturated carbocycles. The molecule has 1 aliphatic heterocycles. The Labute approximate surface area is 131 Å². The van der Waals surface area contributed by atoms with Crippen LogP contribution in [-0.2, 0) is 20.8 Å². The fraction of sp³-hybridized carbons (Fsp3) is 0.250. The molecule has 1 fully saturated rings. The quantitative estimate of drug-likeness (QED) is 0.877. The van der Waals surface area contributed by atoms with Gasteiger partial charge in [0.2, 0.25) is 0 Å². The molecular weight excluding hydrogens is 304 g/mol. The number of benzene rings is 2. The first-order valence-electron chi connectivity index (χ1n) is 6.89. The van der Waals surface area contributed by atoms with Crippen molar-refractivity contribution in [2.75, 3.05) is 13.2 Å². The number of hydrogen-bond donors (Lipinski definition) is 1. The van der Waals surface area contributed by atoms with Crippen LogP contribution in [0.15, 0.2) is 54.6 Å². The van der Waals surface area contributed by atoms with E-state index in [-0.39, 0.29) is 5.92 Å². The molecular formula is C16H16O5S. The van der Waals surface area contributed by atoms with Gasteiger partial charge in [0, 0.05) is 11.5 Å². The molecule has 6 heteroatoms. The summed E-state index contributed by atoms with van der Waals surface area (Å²) in [6.45, 7) is 1.18. The topological polar surface area (TPSA) is 65.0 Å². The van der Waals surface area contributed by atoms with E-state index in [0.29, 0.717) is 19.0 Å². The van der Waals surface area contributed by atoms with E-state index < -0.39 is 17.7 Å². The van der Waals surface area contributed by atoms with E-state index >= 15 is 0 Å². The predicted octanol–water partition coefficient (Wildman–Crippen LogP) is 3.03. The molecule has 22 heavy (non-hydrogen) atoms. The maximum atomic E-state index is 10.6. The van der Waals surface area contributed by atoms with E-state index in [9.17, 15) is 4.21 Å². The van der Waals surface area contributed by atoms with Crippen LogP contribution in [0.5, 0.6) is 5.75 Å². The summed E-state index contributed by atoms with van der Waals surface area (Å²) >= 11 is -2.32. The third-order valence-corrected chi connectivity index (χ3v) is 3.82. The molecule has 1 heterocycles. The third-order valence-electron chi connectivity index (χ3n) is 3.49. The molecule has 0 amide bonds. The van der Waals surface area contributed by atoms with Crippen LogP contribution in [0.25, 0.3) is 0 Å². The first-order valence-corrected chi connectivity index (χ1v) is 7.93. The highest BCUT2D eigenvalue weighted by atomic mass is 32.2. The van der Waals surface area contributed by atoms with Gasteiger partial charge in [0.1, 0.15) is 5.75 Å². The number of hydrogen-bond acceptors (Lipinski definition) is 4. The molecule has 2 aromatic rings. The van der Waals surface area contributed by atoms with Gasteiger partial charge in [0.05, 0.1) is 13.2 Å². The zero-order chi connectivity index (χ0) is 15.4. The molecule has 0 aromatic heterocycles. The van der Waals surface area contributed by atoms with Gasteiger partial charge in [-0.05, 0) is 17.7 Å². The molecule has 2 aromatic carbocycles. The van der Waals surface area contributed by atoms with E-state index in [1.165, 1.54) is 5.56 Å². The average Bonchev–Trinajstić information content (AvgIpc) is 2.56. The van der Waals surface area contributed by atoms with E-state index in [1.807, 2.05) is 18.2 Å². The van der Waals surface area contributed by atoms with Gasteiger partial charge in [-0.2, -0.15) is 4.21 Å². The molecule has 0 bridgehead atoms. The van der Waals surface area contributed by atoms with Crippen LogP contribution in [0.3, 0.4) is 0 Å². The Bertz CT molecular complexity index is 621. The largest absolute Gasteiger partial charge is 0.380 e. The smallest absolute Gasteiger partial charge is 0.357 e. The minimum atomic E-state index is -2.32. The van der Waals surface area contributed by atoms with E-state index in [1.54, 1.807) is 24.3 Å². The molecule has 116 valence electrons. The first kappa shape index (κ1) is 15.2. The molecule has 5 nitrogen and oxygen atoms in total. The standard InChI is InChI=1S/C16H16O5S/c17-22(18)21-15-8-6-13(7-9-15)16-19-10-14(11-20-16)12-4-2-1-3-5-12/h1-9,14,16H,10-11H2,(H,17,18). The minimum Gasteiger partial charge on any atom is -0.380 e. The molecule has 0 radical (unpaired) electrons.